The van der Waals surface area contributed by atoms with Crippen LogP contribution >= 0.6 is 0 Å². The van der Waals surface area contributed by atoms with Gasteiger partial charge in [0.1, 0.15) is 0 Å². The number of benzene rings is 2. The number of hydrogen-bond donors (Lipinski definition) is 1. The second-order valence-corrected chi connectivity index (χ2v) is 6.53. The smallest absolute Gasteiger partial charge is 0.336 e. The van der Waals surface area contributed by atoms with Crippen LogP contribution in [-0.4, -0.2) is 11.1 Å². The van der Waals surface area contributed by atoms with Crippen molar-refractivity contribution in [2.75, 3.05) is 0 Å². The molecule has 1 N–H and O–H groups in total. The molecule has 0 radical (unpaired) electrons. The third kappa shape index (κ3) is 3.26. The normalized spacial score (nSPS) is 13.0. The predicted molar refractivity (Wildman–Crippen MR) is 87.9 cm³/mol. The maximum Gasteiger partial charge on any atom is 0.336 e. The van der Waals surface area contributed by atoms with E-state index in [-0.39, 0.29) is 0 Å². The van der Waals surface area contributed by atoms with Crippen LogP contribution in [0.2, 0.25) is 0 Å². The highest BCUT2D eigenvalue weighted by Gasteiger charge is 2.21. The van der Waals surface area contributed by atoms with Gasteiger partial charge in [0.05, 0.1) is 5.56 Å². The van der Waals surface area contributed by atoms with Gasteiger partial charge in [-0.15, -0.1) is 0 Å². The molecule has 1 atom stereocenters. The fourth-order valence-corrected chi connectivity index (χ4v) is 3.10. The molecule has 112 valence electrons. The monoisotopic (exact) mass is 284 g/mol. The first-order valence-corrected chi connectivity index (χ1v) is 7.66. The zero-order valence-corrected chi connectivity index (χ0v) is 13.3. The quantitative estimate of drug-likeness (QED) is 0.806. The van der Waals surface area contributed by atoms with Gasteiger partial charge in [-0.2, -0.15) is 0 Å². The van der Waals surface area contributed by atoms with E-state index in [9.17, 15) is 9.90 Å². The van der Waals surface area contributed by atoms with Crippen LogP contribution in [0.15, 0.2) is 36.4 Å². The molecule has 0 saturated heterocycles. The van der Waals surface area contributed by atoms with E-state index in [4.69, 9.17) is 0 Å². The van der Waals surface area contributed by atoms with Crippen molar-refractivity contribution >= 4 is 16.7 Å². The molecule has 0 aliphatic rings. The number of hydrogen-bond acceptors (Lipinski definition) is 1. The van der Waals surface area contributed by atoms with E-state index >= 15 is 0 Å². The van der Waals surface area contributed by atoms with Gasteiger partial charge in [-0.1, -0.05) is 58.0 Å². The first kappa shape index (κ1) is 15.6. The lowest BCUT2D eigenvalue weighted by Crippen LogP contribution is -2.11. The number of aromatic carboxylic acids is 1. The highest BCUT2D eigenvalue weighted by Crippen LogP contribution is 2.36. The van der Waals surface area contributed by atoms with Gasteiger partial charge >= 0.3 is 5.97 Å². The maximum absolute atomic E-state index is 11.4. The summed E-state index contributed by atoms with van der Waals surface area (Å²) in [5.41, 5.74) is 1.67. The number of carboxylic acids is 1. The molecular formula is C19H24O2. The molecule has 2 aromatic rings. The molecule has 2 heteroatoms. The van der Waals surface area contributed by atoms with Crippen LogP contribution in [0.5, 0.6) is 0 Å². The van der Waals surface area contributed by atoms with Gasteiger partial charge in [-0.25, -0.2) is 4.79 Å². The number of rotatable bonds is 5. The van der Waals surface area contributed by atoms with Crippen LogP contribution in [0.25, 0.3) is 10.8 Å². The van der Waals surface area contributed by atoms with Gasteiger partial charge < -0.3 is 5.11 Å². The third-order valence-electron chi connectivity index (χ3n) is 4.12. The van der Waals surface area contributed by atoms with Crippen molar-refractivity contribution in [2.24, 2.45) is 11.8 Å². The average Bonchev–Trinajstić information content (AvgIpc) is 2.43. The molecule has 0 aliphatic carbocycles. The Morgan fingerprint density at radius 1 is 1.00 bits per heavy atom. The van der Waals surface area contributed by atoms with Crippen molar-refractivity contribution in [3.8, 4) is 0 Å². The van der Waals surface area contributed by atoms with Gasteiger partial charge in [-0.05, 0) is 46.6 Å². The van der Waals surface area contributed by atoms with Crippen LogP contribution < -0.4 is 0 Å². The number of fused-ring (bicyclic) bond motifs is 1. The molecular weight excluding hydrogens is 260 g/mol. The zero-order valence-electron chi connectivity index (χ0n) is 13.3. The van der Waals surface area contributed by atoms with E-state index < -0.39 is 5.97 Å². The Morgan fingerprint density at radius 2 is 1.62 bits per heavy atom. The first-order chi connectivity index (χ1) is 9.91. The predicted octanol–water partition coefficient (Wildman–Crippen LogP) is 5.32. The summed E-state index contributed by atoms with van der Waals surface area (Å²) in [5, 5.41) is 11.3. The van der Waals surface area contributed by atoms with Crippen molar-refractivity contribution in [1.29, 1.82) is 0 Å². The highest BCUT2D eigenvalue weighted by molar-refractivity contribution is 6.04. The van der Waals surface area contributed by atoms with E-state index in [1.165, 1.54) is 5.56 Å². The Kier molecular flexibility index (Phi) is 4.66. The molecule has 21 heavy (non-hydrogen) atoms. The Hall–Kier alpha value is -1.83. The summed E-state index contributed by atoms with van der Waals surface area (Å²) in [4.78, 5) is 11.4. The standard InChI is InChI=1S/C19H24O2/c1-12(2)11-18(13(3)4)16-9-10-17(19(20)21)15-8-6-5-7-14(15)16/h5-10,12-13,18H,11H2,1-4H3,(H,20,21). The van der Waals surface area contributed by atoms with Crippen molar-refractivity contribution in [3.05, 3.63) is 47.5 Å². The summed E-state index contributed by atoms with van der Waals surface area (Å²) in [6.45, 7) is 8.96. The number of carboxylic acid groups (broad SMARTS) is 1. The molecule has 2 rings (SSSR count). The fourth-order valence-electron chi connectivity index (χ4n) is 3.10. The molecule has 2 aromatic carbocycles. The van der Waals surface area contributed by atoms with Gasteiger partial charge in [0.2, 0.25) is 0 Å². The molecule has 2 nitrogen and oxygen atoms in total. The molecule has 0 amide bonds. The van der Waals surface area contributed by atoms with Crippen molar-refractivity contribution in [3.63, 3.8) is 0 Å². The second-order valence-electron chi connectivity index (χ2n) is 6.53. The molecule has 0 aromatic heterocycles. The van der Waals surface area contributed by atoms with E-state index in [1.807, 2.05) is 30.3 Å². The summed E-state index contributed by atoms with van der Waals surface area (Å²) < 4.78 is 0. The molecule has 0 bridgehead atoms. The Balaban J connectivity index is 2.64. The van der Waals surface area contributed by atoms with Crippen molar-refractivity contribution < 1.29 is 9.90 Å². The Morgan fingerprint density at radius 3 is 2.14 bits per heavy atom. The van der Waals surface area contributed by atoms with Gasteiger partial charge in [0, 0.05) is 0 Å². The summed E-state index contributed by atoms with van der Waals surface area (Å²) in [7, 11) is 0. The zero-order chi connectivity index (χ0) is 15.6. The minimum absolute atomic E-state index is 0.390. The van der Waals surface area contributed by atoms with E-state index in [0.29, 0.717) is 23.3 Å². The SMILES string of the molecule is CC(C)CC(c1ccc(C(=O)O)c2ccccc12)C(C)C. The maximum atomic E-state index is 11.4. The van der Waals surface area contributed by atoms with E-state index in [1.54, 1.807) is 6.07 Å². The van der Waals surface area contributed by atoms with Crippen LogP contribution in [-0.2, 0) is 0 Å². The van der Waals surface area contributed by atoms with Gasteiger partial charge in [0.15, 0.2) is 0 Å². The fraction of sp³-hybridized carbons (Fsp3) is 0.421. The first-order valence-electron chi connectivity index (χ1n) is 7.66. The van der Waals surface area contributed by atoms with Crippen LogP contribution in [0, 0.1) is 11.8 Å². The third-order valence-corrected chi connectivity index (χ3v) is 4.12. The Bertz CT molecular complexity index is 641. The molecule has 0 heterocycles. The lowest BCUT2D eigenvalue weighted by atomic mass is 9.80. The highest BCUT2D eigenvalue weighted by atomic mass is 16.4. The molecule has 0 spiro atoms. The minimum Gasteiger partial charge on any atom is -0.478 e. The van der Waals surface area contributed by atoms with Gasteiger partial charge in [-0.3, -0.25) is 0 Å². The average molecular weight is 284 g/mol. The molecule has 0 saturated carbocycles. The van der Waals surface area contributed by atoms with Crippen molar-refractivity contribution in [2.45, 2.75) is 40.0 Å². The van der Waals surface area contributed by atoms with Crippen LogP contribution in [0.3, 0.4) is 0 Å². The molecule has 1 unspecified atom stereocenters. The van der Waals surface area contributed by atoms with Gasteiger partial charge in [0.25, 0.3) is 0 Å². The topological polar surface area (TPSA) is 37.3 Å². The van der Waals surface area contributed by atoms with Crippen LogP contribution in [0.4, 0.5) is 0 Å². The second kappa shape index (κ2) is 6.30. The molecule has 0 aliphatic heterocycles. The van der Waals surface area contributed by atoms with Crippen LogP contribution in [0.1, 0.15) is 56.0 Å². The summed E-state index contributed by atoms with van der Waals surface area (Å²) in [6, 6.07) is 11.6. The lowest BCUT2D eigenvalue weighted by molar-refractivity contribution is 0.0699. The number of carbonyl (C=O) groups is 1. The van der Waals surface area contributed by atoms with E-state index in [0.717, 1.165) is 17.2 Å². The summed E-state index contributed by atoms with van der Waals surface area (Å²) in [5.74, 6) is 0.752. The minimum atomic E-state index is -0.859. The molecule has 0 fully saturated rings. The largest absolute Gasteiger partial charge is 0.478 e. The van der Waals surface area contributed by atoms with E-state index in [2.05, 4.69) is 27.7 Å². The summed E-state index contributed by atoms with van der Waals surface area (Å²) in [6.07, 6.45) is 1.12. The Labute approximate surface area is 126 Å². The lowest BCUT2D eigenvalue weighted by Gasteiger charge is -2.25. The van der Waals surface area contributed by atoms with Crippen molar-refractivity contribution in [1.82, 2.24) is 0 Å². The summed E-state index contributed by atoms with van der Waals surface area (Å²) >= 11 is 0.